The standard InChI is InChI=1S/C30H36ClN3O6S/c1-20-16-34(21(2)19-35)30(36)27-15-24(32-41(37,38)26-12-7-23(31)8-13-26)9-14-28(27)40-29(20)18-33(3)17-22-5-10-25(39-4)11-6-22/h5-15,20-21,29,32,35H,16-19H2,1-4H3/t20-,21+,29-/m0/s1. The summed E-state index contributed by atoms with van der Waals surface area (Å²) in [5.41, 5.74) is 1.56. The molecule has 1 aliphatic rings. The highest BCUT2D eigenvalue weighted by Crippen LogP contribution is 2.31. The van der Waals surface area contributed by atoms with Gasteiger partial charge in [-0.1, -0.05) is 30.7 Å². The molecule has 3 aromatic rings. The number of aliphatic hydroxyl groups excluding tert-OH is 1. The fourth-order valence-electron chi connectivity index (χ4n) is 4.75. The molecule has 3 aromatic carbocycles. The average molecular weight is 602 g/mol. The number of sulfonamides is 1. The molecule has 220 valence electrons. The van der Waals surface area contributed by atoms with Gasteiger partial charge in [0.1, 0.15) is 17.6 Å². The molecule has 0 saturated heterocycles. The molecule has 3 atom stereocenters. The van der Waals surface area contributed by atoms with Gasteiger partial charge in [0.15, 0.2) is 0 Å². The Labute approximate surface area is 246 Å². The molecule has 1 amide bonds. The number of carbonyl (C=O) groups excluding carboxylic acids is 1. The fourth-order valence-corrected chi connectivity index (χ4v) is 5.92. The number of hydrogen-bond acceptors (Lipinski definition) is 7. The number of nitrogens with zero attached hydrogens (tertiary/aromatic N) is 2. The Bertz CT molecular complexity index is 1450. The van der Waals surface area contributed by atoms with Gasteiger partial charge in [-0.2, -0.15) is 0 Å². The number of amides is 1. The van der Waals surface area contributed by atoms with Crippen LogP contribution in [-0.4, -0.2) is 75.2 Å². The monoisotopic (exact) mass is 601 g/mol. The topological polar surface area (TPSA) is 108 Å². The summed E-state index contributed by atoms with van der Waals surface area (Å²) >= 11 is 5.91. The number of methoxy groups -OCH3 is 1. The molecule has 4 rings (SSSR count). The summed E-state index contributed by atoms with van der Waals surface area (Å²) in [6.07, 6.45) is -0.282. The Kier molecular flexibility index (Phi) is 9.80. The Balaban J connectivity index is 1.61. The Morgan fingerprint density at radius 1 is 1.15 bits per heavy atom. The molecule has 0 aliphatic carbocycles. The van der Waals surface area contributed by atoms with E-state index in [1.165, 1.54) is 30.3 Å². The highest BCUT2D eigenvalue weighted by molar-refractivity contribution is 7.92. The highest BCUT2D eigenvalue weighted by atomic mass is 35.5. The Morgan fingerprint density at radius 2 is 1.83 bits per heavy atom. The van der Waals surface area contributed by atoms with Crippen LogP contribution in [0.3, 0.4) is 0 Å². The third kappa shape index (κ3) is 7.51. The van der Waals surface area contributed by atoms with Crippen molar-refractivity contribution in [3.8, 4) is 11.5 Å². The Hall–Kier alpha value is -3.31. The molecule has 41 heavy (non-hydrogen) atoms. The molecule has 9 nitrogen and oxygen atoms in total. The molecular formula is C30H36ClN3O6S. The van der Waals surface area contributed by atoms with Gasteiger partial charge in [-0.3, -0.25) is 14.4 Å². The molecule has 0 aromatic heterocycles. The van der Waals surface area contributed by atoms with Crippen molar-refractivity contribution < 1.29 is 27.8 Å². The van der Waals surface area contributed by atoms with Crippen LogP contribution in [0.5, 0.6) is 11.5 Å². The van der Waals surface area contributed by atoms with Gasteiger partial charge >= 0.3 is 0 Å². The van der Waals surface area contributed by atoms with Gasteiger partial charge < -0.3 is 19.5 Å². The van der Waals surface area contributed by atoms with E-state index in [-0.39, 0.29) is 40.7 Å². The van der Waals surface area contributed by atoms with E-state index in [2.05, 4.69) is 9.62 Å². The quantitative estimate of drug-likeness (QED) is 0.352. The van der Waals surface area contributed by atoms with E-state index < -0.39 is 16.1 Å². The first-order valence-electron chi connectivity index (χ1n) is 13.3. The first-order chi connectivity index (χ1) is 19.5. The lowest BCUT2D eigenvalue weighted by atomic mass is 9.99. The number of anilines is 1. The van der Waals surface area contributed by atoms with Crippen LogP contribution in [0, 0.1) is 5.92 Å². The van der Waals surface area contributed by atoms with Crippen LogP contribution in [0.15, 0.2) is 71.6 Å². The summed E-state index contributed by atoms with van der Waals surface area (Å²) in [6.45, 7) is 5.22. The van der Waals surface area contributed by atoms with E-state index in [1.54, 1.807) is 31.1 Å². The van der Waals surface area contributed by atoms with Crippen LogP contribution < -0.4 is 14.2 Å². The number of ether oxygens (including phenoxy) is 2. The van der Waals surface area contributed by atoms with Crippen LogP contribution >= 0.6 is 11.6 Å². The van der Waals surface area contributed by atoms with E-state index in [4.69, 9.17) is 21.1 Å². The largest absolute Gasteiger partial charge is 0.497 e. The molecule has 1 heterocycles. The number of carbonyl (C=O) groups is 1. The van der Waals surface area contributed by atoms with E-state index in [1.807, 2.05) is 38.2 Å². The van der Waals surface area contributed by atoms with E-state index in [0.29, 0.717) is 30.4 Å². The lowest BCUT2D eigenvalue weighted by Gasteiger charge is -2.38. The second-order valence-corrected chi connectivity index (χ2v) is 12.6. The van der Waals surface area contributed by atoms with Gasteiger partial charge in [0.05, 0.1) is 30.2 Å². The molecule has 0 bridgehead atoms. The normalized spacial score (nSPS) is 18.2. The number of nitrogens with one attached hydrogen (secondary N) is 1. The maximum absolute atomic E-state index is 13.7. The number of fused-ring (bicyclic) bond motifs is 1. The van der Waals surface area contributed by atoms with E-state index >= 15 is 0 Å². The molecule has 0 unspecified atom stereocenters. The van der Waals surface area contributed by atoms with Crippen molar-refractivity contribution in [1.29, 1.82) is 0 Å². The van der Waals surface area contributed by atoms with Crippen molar-refractivity contribution in [2.24, 2.45) is 5.92 Å². The molecule has 11 heteroatoms. The fraction of sp³-hybridized carbons (Fsp3) is 0.367. The van der Waals surface area contributed by atoms with E-state index in [0.717, 1.165) is 11.3 Å². The zero-order valence-electron chi connectivity index (χ0n) is 23.6. The van der Waals surface area contributed by atoms with Crippen LogP contribution in [0.1, 0.15) is 29.8 Å². The highest BCUT2D eigenvalue weighted by Gasteiger charge is 2.33. The van der Waals surface area contributed by atoms with Crippen molar-refractivity contribution in [1.82, 2.24) is 9.80 Å². The van der Waals surface area contributed by atoms with Crippen molar-refractivity contribution in [2.75, 3.05) is 38.6 Å². The number of aliphatic hydroxyl groups is 1. The van der Waals surface area contributed by atoms with Gasteiger partial charge in [0.2, 0.25) is 0 Å². The first kappa shape index (κ1) is 30.6. The average Bonchev–Trinajstić information content (AvgIpc) is 2.95. The Morgan fingerprint density at radius 3 is 2.46 bits per heavy atom. The summed E-state index contributed by atoms with van der Waals surface area (Å²) in [4.78, 5) is 17.5. The molecule has 0 fully saturated rings. The van der Waals surface area contributed by atoms with Crippen LogP contribution in [0.4, 0.5) is 5.69 Å². The molecule has 2 N–H and O–H groups in total. The maximum atomic E-state index is 13.7. The van der Waals surface area contributed by atoms with Crippen molar-refractivity contribution in [3.05, 3.63) is 82.9 Å². The van der Waals surface area contributed by atoms with Crippen molar-refractivity contribution >= 4 is 33.2 Å². The SMILES string of the molecule is COc1ccc(CN(C)C[C@@H]2Oc3ccc(NS(=O)(=O)c4ccc(Cl)cc4)cc3C(=O)N([C@H](C)CO)C[C@@H]2C)cc1. The molecule has 1 aliphatic heterocycles. The zero-order chi connectivity index (χ0) is 29.7. The summed E-state index contributed by atoms with van der Waals surface area (Å²) in [7, 11) is -0.281. The summed E-state index contributed by atoms with van der Waals surface area (Å²) in [5.74, 6) is 0.755. The second-order valence-electron chi connectivity index (χ2n) is 10.4. The predicted molar refractivity (Wildman–Crippen MR) is 159 cm³/mol. The third-order valence-electron chi connectivity index (χ3n) is 7.14. The van der Waals surface area contributed by atoms with Gasteiger partial charge in [-0.15, -0.1) is 0 Å². The second kappa shape index (κ2) is 13.1. The van der Waals surface area contributed by atoms with Gasteiger partial charge in [0, 0.05) is 36.3 Å². The van der Waals surface area contributed by atoms with Crippen LogP contribution in [0.25, 0.3) is 0 Å². The summed E-state index contributed by atoms with van der Waals surface area (Å²) in [5, 5.41) is 10.3. The molecule has 0 saturated carbocycles. The van der Waals surface area contributed by atoms with E-state index in [9.17, 15) is 18.3 Å². The minimum Gasteiger partial charge on any atom is -0.497 e. The number of halogens is 1. The smallest absolute Gasteiger partial charge is 0.261 e. The lowest BCUT2D eigenvalue weighted by Crippen LogP contribution is -2.49. The first-order valence-corrected chi connectivity index (χ1v) is 15.2. The number of rotatable bonds is 10. The van der Waals surface area contributed by atoms with Crippen molar-refractivity contribution in [3.63, 3.8) is 0 Å². The predicted octanol–water partition coefficient (Wildman–Crippen LogP) is 4.50. The van der Waals surface area contributed by atoms with Gasteiger partial charge in [-0.25, -0.2) is 8.42 Å². The minimum absolute atomic E-state index is 0.0422. The summed E-state index contributed by atoms with van der Waals surface area (Å²) in [6, 6.07) is 17.9. The summed E-state index contributed by atoms with van der Waals surface area (Å²) < 4.78 is 40.2. The van der Waals surface area contributed by atoms with Crippen LogP contribution in [0.2, 0.25) is 5.02 Å². The molecular weight excluding hydrogens is 566 g/mol. The third-order valence-corrected chi connectivity index (χ3v) is 8.79. The lowest BCUT2D eigenvalue weighted by molar-refractivity contribution is 0.0341. The van der Waals surface area contributed by atoms with Gasteiger partial charge in [0.25, 0.3) is 15.9 Å². The maximum Gasteiger partial charge on any atom is 0.261 e. The van der Waals surface area contributed by atoms with Crippen LogP contribution in [-0.2, 0) is 16.6 Å². The van der Waals surface area contributed by atoms with Crippen molar-refractivity contribution in [2.45, 2.75) is 37.4 Å². The number of hydrogen-bond donors (Lipinski definition) is 2. The zero-order valence-corrected chi connectivity index (χ0v) is 25.2. The minimum atomic E-state index is -3.92. The molecule has 0 spiro atoms. The van der Waals surface area contributed by atoms with Gasteiger partial charge in [-0.05, 0) is 74.1 Å². The molecule has 0 radical (unpaired) electrons. The number of likely N-dealkylation sites (N-methyl/N-ethyl adjacent to an activating group) is 1. The number of benzene rings is 3.